The van der Waals surface area contributed by atoms with E-state index in [4.69, 9.17) is 0 Å². The molecule has 0 aromatic heterocycles. The van der Waals surface area contributed by atoms with Gasteiger partial charge in [-0.05, 0) is 54.9 Å². The minimum atomic E-state index is -0.643. The van der Waals surface area contributed by atoms with E-state index in [1.807, 2.05) is 17.0 Å². The van der Waals surface area contributed by atoms with E-state index >= 15 is 0 Å². The van der Waals surface area contributed by atoms with Crippen molar-refractivity contribution in [2.24, 2.45) is 5.92 Å². The molecule has 0 atom stereocenters. The van der Waals surface area contributed by atoms with Crippen molar-refractivity contribution in [2.75, 3.05) is 23.3 Å². The summed E-state index contributed by atoms with van der Waals surface area (Å²) in [5, 5.41) is 5.35. The van der Waals surface area contributed by atoms with Crippen LogP contribution in [0.5, 0.6) is 0 Å². The van der Waals surface area contributed by atoms with E-state index in [1.54, 1.807) is 0 Å². The Bertz CT molecular complexity index is 695. The van der Waals surface area contributed by atoms with Crippen molar-refractivity contribution in [3.05, 3.63) is 23.3 Å². The van der Waals surface area contributed by atoms with Crippen LogP contribution in [0.3, 0.4) is 0 Å². The van der Waals surface area contributed by atoms with Gasteiger partial charge in [0.25, 0.3) is 0 Å². The van der Waals surface area contributed by atoms with E-state index in [1.165, 1.54) is 0 Å². The largest absolute Gasteiger partial charge is 0.348 e. The lowest BCUT2D eigenvalue weighted by molar-refractivity contribution is -0.136. The number of nitrogens with one attached hydrogen (secondary N) is 2. The molecular formula is C19H25N3O3. The summed E-state index contributed by atoms with van der Waals surface area (Å²) >= 11 is 0. The molecule has 6 nitrogen and oxygen atoms in total. The first-order chi connectivity index (χ1) is 12.0. The molecule has 25 heavy (non-hydrogen) atoms. The molecule has 2 N–H and O–H groups in total. The van der Waals surface area contributed by atoms with Gasteiger partial charge in [0, 0.05) is 25.2 Å². The average Bonchev–Trinajstić information content (AvgIpc) is 2.57. The normalized spacial score (nSPS) is 15.8. The number of anilines is 2. The van der Waals surface area contributed by atoms with Crippen molar-refractivity contribution in [3.63, 3.8) is 0 Å². The van der Waals surface area contributed by atoms with Gasteiger partial charge in [0.05, 0.1) is 5.69 Å². The molecule has 3 amide bonds. The summed E-state index contributed by atoms with van der Waals surface area (Å²) in [7, 11) is 0. The third kappa shape index (κ3) is 3.83. The number of rotatable bonds is 4. The molecule has 2 heterocycles. The van der Waals surface area contributed by atoms with Crippen LogP contribution in [0.25, 0.3) is 0 Å². The summed E-state index contributed by atoms with van der Waals surface area (Å²) < 4.78 is 0. The van der Waals surface area contributed by atoms with Gasteiger partial charge in [0.2, 0.25) is 5.91 Å². The molecule has 0 unspecified atom stereocenters. The maximum Gasteiger partial charge on any atom is 0.313 e. The maximum atomic E-state index is 12.1. The van der Waals surface area contributed by atoms with Gasteiger partial charge in [-0.3, -0.25) is 14.4 Å². The number of hydrogen-bond acceptors (Lipinski definition) is 3. The molecule has 0 aliphatic carbocycles. The van der Waals surface area contributed by atoms with Gasteiger partial charge < -0.3 is 15.5 Å². The summed E-state index contributed by atoms with van der Waals surface area (Å²) in [6.07, 6.45) is 3.83. The molecule has 0 saturated heterocycles. The molecule has 1 aromatic carbocycles. The van der Waals surface area contributed by atoms with E-state index < -0.39 is 11.8 Å². The standard InChI is InChI=1S/C19H25N3O3/c1-12(2)7-8-20-18(24)19(25)21-15-10-13-4-3-9-22-16(23)6-5-14(11-15)17(13)22/h10-12H,3-9H2,1-2H3,(H,20,24)(H,21,25). The summed E-state index contributed by atoms with van der Waals surface area (Å²) in [6, 6.07) is 3.78. The molecule has 0 radical (unpaired) electrons. The van der Waals surface area contributed by atoms with Crippen LogP contribution in [0.2, 0.25) is 0 Å². The molecule has 0 bridgehead atoms. The Hall–Kier alpha value is -2.37. The number of nitrogens with zero attached hydrogens (tertiary/aromatic N) is 1. The van der Waals surface area contributed by atoms with Crippen LogP contribution in [0.15, 0.2) is 12.1 Å². The number of aryl methyl sites for hydroxylation is 2. The minimum absolute atomic E-state index is 0.176. The topological polar surface area (TPSA) is 78.5 Å². The number of carbonyl (C=O) groups is 3. The van der Waals surface area contributed by atoms with Crippen molar-refractivity contribution >= 4 is 29.1 Å². The smallest absolute Gasteiger partial charge is 0.313 e. The third-order valence-corrected chi connectivity index (χ3v) is 4.75. The predicted octanol–water partition coefficient (Wildman–Crippen LogP) is 2.01. The molecule has 2 aliphatic heterocycles. The summed E-state index contributed by atoms with van der Waals surface area (Å²) in [6.45, 7) is 5.40. The number of amides is 3. The van der Waals surface area contributed by atoms with Gasteiger partial charge >= 0.3 is 11.8 Å². The monoisotopic (exact) mass is 343 g/mol. The van der Waals surface area contributed by atoms with Gasteiger partial charge in [-0.2, -0.15) is 0 Å². The first-order valence-electron chi connectivity index (χ1n) is 9.01. The summed E-state index contributed by atoms with van der Waals surface area (Å²) in [4.78, 5) is 37.9. The molecule has 3 rings (SSSR count). The van der Waals surface area contributed by atoms with Crippen molar-refractivity contribution in [2.45, 2.75) is 46.0 Å². The third-order valence-electron chi connectivity index (χ3n) is 4.75. The van der Waals surface area contributed by atoms with Gasteiger partial charge in [-0.25, -0.2) is 0 Å². The number of benzene rings is 1. The second-order valence-electron chi connectivity index (χ2n) is 7.18. The van der Waals surface area contributed by atoms with Crippen LogP contribution < -0.4 is 15.5 Å². The molecule has 134 valence electrons. The quantitative estimate of drug-likeness (QED) is 0.821. The fraction of sp³-hybridized carbons (Fsp3) is 0.526. The van der Waals surface area contributed by atoms with E-state index in [-0.39, 0.29) is 5.91 Å². The molecule has 0 fully saturated rings. The minimum Gasteiger partial charge on any atom is -0.348 e. The summed E-state index contributed by atoms with van der Waals surface area (Å²) in [5.41, 5.74) is 3.80. The van der Waals surface area contributed by atoms with E-state index in [9.17, 15) is 14.4 Å². The second-order valence-corrected chi connectivity index (χ2v) is 7.18. The molecule has 0 spiro atoms. The van der Waals surface area contributed by atoms with E-state index in [0.717, 1.165) is 42.6 Å². The SMILES string of the molecule is CC(C)CCNC(=O)C(=O)Nc1cc2c3c(c1)CCC(=O)N3CCC2. The van der Waals surface area contributed by atoms with Gasteiger partial charge in [0.1, 0.15) is 0 Å². The number of carbonyl (C=O) groups excluding carboxylic acids is 3. The Balaban J connectivity index is 1.71. The second kappa shape index (κ2) is 7.25. The van der Waals surface area contributed by atoms with Gasteiger partial charge in [-0.15, -0.1) is 0 Å². The van der Waals surface area contributed by atoms with Gasteiger partial charge in [0.15, 0.2) is 0 Å². The van der Waals surface area contributed by atoms with E-state index in [2.05, 4.69) is 24.5 Å². The van der Waals surface area contributed by atoms with Crippen LogP contribution in [0.1, 0.15) is 44.2 Å². The fourth-order valence-electron chi connectivity index (χ4n) is 3.47. The molecule has 1 aromatic rings. The lowest BCUT2D eigenvalue weighted by atomic mass is 9.91. The van der Waals surface area contributed by atoms with Crippen LogP contribution in [-0.2, 0) is 27.2 Å². The predicted molar refractivity (Wildman–Crippen MR) is 96.5 cm³/mol. The summed E-state index contributed by atoms with van der Waals surface area (Å²) in [5.74, 6) is -0.600. The Morgan fingerprint density at radius 2 is 1.84 bits per heavy atom. The highest BCUT2D eigenvalue weighted by atomic mass is 16.2. The van der Waals surface area contributed by atoms with Crippen LogP contribution >= 0.6 is 0 Å². The zero-order valence-corrected chi connectivity index (χ0v) is 14.9. The highest BCUT2D eigenvalue weighted by molar-refractivity contribution is 6.39. The molecular weight excluding hydrogens is 318 g/mol. The zero-order chi connectivity index (χ0) is 18.0. The van der Waals surface area contributed by atoms with Crippen LogP contribution in [0, 0.1) is 5.92 Å². The molecule has 0 saturated carbocycles. The van der Waals surface area contributed by atoms with Crippen LogP contribution in [-0.4, -0.2) is 30.8 Å². The van der Waals surface area contributed by atoms with E-state index in [0.29, 0.717) is 31.0 Å². The lowest BCUT2D eigenvalue weighted by Crippen LogP contribution is -2.39. The fourth-order valence-corrected chi connectivity index (χ4v) is 3.47. The Labute approximate surface area is 148 Å². The van der Waals surface area contributed by atoms with Crippen molar-refractivity contribution in [1.82, 2.24) is 5.32 Å². The van der Waals surface area contributed by atoms with Crippen LogP contribution in [0.4, 0.5) is 11.4 Å². The Morgan fingerprint density at radius 1 is 1.12 bits per heavy atom. The Kier molecular flexibility index (Phi) is 5.06. The van der Waals surface area contributed by atoms with Crippen molar-refractivity contribution in [3.8, 4) is 0 Å². The average molecular weight is 343 g/mol. The number of hydrogen-bond donors (Lipinski definition) is 2. The van der Waals surface area contributed by atoms with Crippen molar-refractivity contribution in [1.29, 1.82) is 0 Å². The zero-order valence-electron chi connectivity index (χ0n) is 14.9. The molecule has 6 heteroatoms. The first kappa shape index (κ1) is 17.5. The van der Waals surface area contributed by atoms with Crippen molar-refractivity contribution < 1.29 is 14.4 Å². The highest BCUT2D eigenvalue weighted by Crippen LogP contribution is 2.37. The first-order valence-corrected chi connectivity index (χ1v) is 9.01. The van der Waals surface area contributed by atoms with Gasteiger partial charge in [-0.1, -0.05) is 13.8 Å². The lowest BCUT2D eigenvalue weighted by Gasteiger charge is -2.35. The Morgan fingerprint density at radius 3 is 2.56 bits per heavy atom. The highest BCUT2D eigenvalue weighted by Gasteiger charge is 2.29. The maximum absolute atomic E-state index is 12.1. The molecule has 2 aliphatic rings.